The third-order valence-electron chi connectivity index (χ3n) is 1.32. The molecule has 4 heteroatoms. The van der Waals surface area contributed by atoms with Crippen LogP contribution in [0.2, 0.25) is 0 Å². The quantitative estimate of drug-likeness (QED) is 0.687. The summed E-state index contributed by atoms with van der Waals surface area (Å²) in [5, 5.41) is 0. The predicted molar refractivity (Wildman–Crippen MR) is 43.4 cm³/mol. The molecule has 0 aliphatic heterocycles. The van der Waals surface area contributed by atoms with E-state index in [1.54, 1.807) is 10.8 Å². The molecule has 1 aromatic rings. The van der Waals surface area contributed by atoms with Gasteiger partial charge in [0.15, 0.2) is 0 Å². The summed E-state index contributed by atoms with van der Waals surface area (Å²) in [7, 11) is 1.82. The lowest BCUT2D eigenvalue weighted by Crippen LogP contribution is -2.10. The maximum atomic E-state index is 5.54. The minimum Gasteiger partial charge on any atom is -0.462 e. The van der Waals surface area contributed by atoms with Crippen molar-refractivity contribution in [3.05, 3.63) is 6.20 Å². The first kappa shape index (κ1) is 7.91. The average molecular weight is 155 g/mol. The molecule has 0 aliphatic rings. The summed E-state index contributed by atoms with van der Waals surface area (Å²) in [6.45, 7) is 3.90. The highest BCUT2D eigenvalue weighted by Crippen LogP contribution is 2.12. The Morgan fingerprint density at radius 3 is 2.64 bits per heavy atom. The van der Waals surface area contributed by atoms with Crippen LogP contribution < -0.4 is 10.5 Å². The number of nitrogen functional groups attached to an aromatic ring is 1. The molecule has 62 valence electrons. The normalized spacial score (nSPS) is 10.5. The van der Waals surface area contributed by atoms with Crippen LogP contribution in [-0.2, 0) is 7.05 Å². The molecule has 0 spiro atoms. The van der Waals surface area contributed by atoms with Gasteiger partial charge in [0.2, 0.25) is 0 Å². The maximum absolute atomic E-state index is 5.54. The molecule has 0 saturated heterocycles. The van der Waals surface area contributed by atoms with Crippen LogP contribution in [0.25, 0.3) is 0 Å². The van der Waals surface area contributed by atoms with E-state index in [0.717, 1.165) is 0 Å². The van der Waals surface area contributed by atoms with Gasteiger partial charge in [0, 0.05) is 7.05 Å². The van der Waals surface area contributed by atoms with Gasteiger partial charge >= 0.3 is 0 Å². The molecule has 0 saturated carbocycles. The summed E-state index contributed by atoms with van der Waals surface area (Å²) in [5.74, 6) is 0.612. The fourth-order valence-electron chi connectivity index (χ4n) is 0.725. The lowest BCUT2D eigenvalue weighted by atomic mass is 10.5. The van der Waals surface area contributed by atoms with Gasteiger partial charge in [-0.2, -0.15) is 0 Å². The van der Waals surface area contributed by atoms with E-state index in [1.165, 1.54) is 0 Å². The molecule has 2 N–H and O–H groups in total. The number of imidazole rings is 1. The highest BCUT2D eigenvalue weighted by molar-refractivity contribution is 5.29. The number of hydrogen-bond donors (Lipinski definition) is 1. The van der Waals surface area contributed by atoms with Crippen molar-refractivity contribution in [1.82, 2.24) is 9.55 Å². The number of aromatic nitrogens is 2. The summed E-state index contributed by atoms with van der Waals surface area (Å²) in [4.78, 5) is 3.97. The van der Waals surface area contributed by atoms with E-state index in [2.05, 4.69) is 4.98 Å². The van der Waals surface area contributed by atoms with Gasteiger partial charge < -0.3 is 10.5 Å². The van der Waals surface area contributed by atoms with E-state index in [4.69, 9.17) is 10.5 Å². The van der Waals surface area contributed by atoms with Crippen molar-refractivity contribution in [2.24, 2.45) is 7.05 Å². The van der Waals surface area contributed by atoms with Crippen LogP contribution in [0.15, 0.2) is 6.20 Å². The highest BCUT2D eigenvalue weighted by atomic mass is 16.5. The Morgan fingerprint density at radius 1 is 1.64 bits per heavy atom. The van der Waals surface area contributed by atoms with E-state index < -0.39 is 0 Å². The van der Waals surface area contributed by atoms with Crippen LogP contribution >= 0.6 is 0 Å². The molecule has 11 heavy (non-hydrogen) atoms. The molecule has 0 atom stereocenters. The average Bonchev–Trinajstić information content (AvgIpc) is 2.18. The molecule has 1 aromatic heterocycles. The molecular weight excluding hydrogens is 142 g/mol. The second kappa shape index (κ2) is 2.82. The van der Waals surface area contributed by atoms with Crippen molar-refractivity contribution >= 4 is 5.82 Å². The fraction of sp³-hybridized carbons (Fsp3) is 0.571. The van der Waals surface area contributed by atoms with Crippen molar-refractivity contribution in [1.29, 1.82) is 0 Å². The van der Waals surface area contributed by atoms with Crippen molar-refractivity contribution in [3.63, 3.8) is 0 Å². The Labute approximate surface area is 66.0 Å². The van der Waals surface area contributed by atoms with Crippen LogP contribution in [0, 0.1) is 0 Å². The third kappa shape index (κ3) is 1.63. The zero-order valence-corrected chi connectivity index (χ0v) is 7.03. The molecule has 0 aliphatic carbocycles. The number of hydrogen-bond acceptors (Lipinski definition) is 3. The summed E-state index contributed by atoms with van der Waals surface area (Å²) in [5.41, 5.74) is 5.54. The molecule has 0 bridgehead atoms. The Balaban J connectivity index is 2.79. The molecule has 1 heterocycles. The summed E-state index contributed by atoms with van der Waals surface area (Å²) >= 11 is 0. The molecule has 0 radical (unpaired) electrons. The molecule has 4 nitrogen and oxygen atoms in total. The van der Waals surface area contributed by atoms with E-state index in [1.807, 2.05) is 20.9 Å². The maximum Gasteiger partial charge on any atom is 0.297 e. The van der Waals surface area contributed by atoms with Gasteiger partial charge in [-0.15, -0.1) is 0 Å². The van der Waals surface area contributed by atoms with Crippen LogP contribution in [0.4, 0.5) is 5.82 Å². The molecule has 0 amide bonds. The Bertz CT molecular complexity index is 242. The first-order valence-electron chi connectivity index (χ1n) is 3.55. The topological polar surface area (TPSA) is 53.1 Å². The van der Waals surface area contributed by atoms with Crippen molar-refractivity contribution < 1.29 is 4.74 Å². The smallest absolute Gasteiger partial charge is 0.297 e. The summed E-state index contributed by atoms with van der Waals surface area (Å²) < 4.78 is 7.05. The Kier molecular flexibility index (Phi) is 2.03. The van der Waals surface area contributed by atoms with Crippen LogP contribution in [-0.4, -0.2) is 15.7 Å². The third-order valence-corrected chi connectivity index (χ3v) is 1.32. The highest BCUT2D eigenvalue weighted by Gasteiger charge is 2.05. The second-order valence-electron chi connectivity index (χ2n) is 2.69. The van der Waals surface area contributed by atoms with E-state index in [-0.39, 0.29) is 6.10 Å². The van der Waals surface area contributed by atoms with Crippen molar-refractivity contribution in [2.75, 3.05) is 5.73 Å². The van der Waals surface area contributed by atoms with Crippen molar-refractivity contribution in [3.8, 4) is 6.01 Å². The summed E-state index contributed by atoms with van der Waals surface area (Å²) in [6.07, 6.45) is 1.72. The van der Waals surface area contributed by atoms with Gasteiger partial charge in [-0.1, -0.05) is 0 Å². The van der Waals surface area contributed by atoms with E-state index in [0.29, 0.717) is 11.8 Å². The van der Waals surface area contributed by atoms with E-state index in [9.17, 15) is 0 Å². The Hall–Kier alpha value is -1.19. The molecular formula is C7H13N3O. The predicted octanol–water partition coefficient (Wildman–Crippen LogP) is 0.790. The zero-order chi connectivity index (χ0) is 8.43. The SMILES string of the molecule is CC(C)Oc1ncc(N)n1C. The number of nitrogens with zero attached hydrogens (tertiary/aromatic N) is 2. The largest absolute Gasteiger partial charge is 0.462 e. The minimum atomic E-state index is 0.135. The van der Waals surface area contributed by atoms with Gasteiger partial charge in [-0.3, -0.25) is 4.57 Å². The monoisotopic (exact) mass is 155 g/mol. The number of rotatable bonds is 2. The molecule has 1 rings (SSSR count). The standard InChI is InChI=1S/C7H13N3O/c1-5(2)11-7-9-4-6(8)10(7)3/h4-5H,8H2,1-3H3. The molecule has 0 aromatic carbocycles. The second-order valence-corrected chi connectivity index (χ2v) is 2.69. The summed E-state index contributed by atoms with van der Waals surface area (Å²) in [6, 6.07) is 0.567. The fourth-order valence-corrected chi connectivity index (χ4v) is 0.725. The first-order chi connectivity index (χ1) is 5.11. The van der Waals surface area contributed by atoms with Gasteiger partial charge in [0.05, 0.1) is 12.3 Å². The molecule has 0 unspecified atom stereocenters. The minimum absolute atomic E-state index is 0.135. The van der Waals surface area contributed by atoms with Gasteiger partial charge in [-0.05, 0) is 13.8 Å². The zero-order valence-electron chi connectivity index (χ0n) is 7.03. The van der Waals surface area contributed by atoms with Gasteiger partial charge in [0.25, 0.3) is 6.01 Å². The number of anilines is 1. The van der Waals surface area contributed by atoms with Crippen molar-refractivity contribution in [2.45, 2.75) is 20.0 Å². The van der Waals surface area contributed by atoms with Crippen LogP contribution in [0.1, 0.15) is 13.8 Å². The first-order valence-corrected chi connectivity index (χ1v) is 3.55. The van der Waals surface area contributed by atoms with Gasteiger partial charge in [-0.25, -0.2) is 4.98 Å². The van der Waals surface area contributed by atoms with Crippen LogP contribution in [0.3, 0.4) is 0 Å². The van der Waals surface area contributed by atoms with Crippen LogP contribution in [0.5, 0.6) is 6.01 Å². The lowest BCUT2D eigenvalue weighted by Gasteiger charge is -2.08. The molecule has 0 fully saturated rings. The number of nitrogens with two attached hydrogens (primary N) is 1. The van der Waals surface area contributed by atoms with Gasteiger partial charge in [0.1, 0.15) is 5.82 Å². The van der Waals surface area contributed by atoms with E-state index >= 15 is 0 Å². The number of ether oxygens (including phenoxy) is 1. The Morgan fingerprint density at radius 2 is 2.27 bits per heavy atom. The lowest BCUT2D eigenvalue weighted by molar-refractivity contribution is 0.215.